The number of nitrogens with one attached hydrogen (secondary N) is 2. The summed E-state index contributed by atoms with van der Waals surface area (Å²) in [5, 5.41) is 14.3. The Morgan fingerprint density at radius 3 is 2.59 bits per heavy atom. The van der Waals surface area contributed by atoms with E-state index in [0.29, 0.717) is 17.5 Å². The Morgan fingerprint density at radius 1 is 1.03 bits per heavy atom. The predicted octanol–water partition coefficient (Wildman–Crippen LogP) is 2.96. The summed E-state index contributed by atoms with van der Waals surface area (Å²) in [7, 11) is 0. The van der Waals surface area contributed by atoms with Crippen LogP contribution in [0.15, 0.2) is 58.3 Å². The molecule has 0 aliphatic carbocycles. The van der Waals surface area contributed by atoms with Crippen LogP contribution in [-0.4, -0.2) is 50.4 Å². The number of aromatic nitrogens is 3. The fraction of sp³-hybridized carbons (Fsp3) is 0.364. The Labute approximate surface area is 190 Å². The average Bonchev–Trinajstić information content (AvgIpc) is 3.48. The van der Waals surface area contributed by atoms with Gasteiger partial charge in [-0.2, -0.15) is 0 Å². The number of furan rings is 1. The first-order chi connectivity index (χ1) is 15.7. The first kappa shape index (κ1) is 22.1. The Kier molecular flexibility index (Phi) is 7.57. The first-order valence-corrected chi connectivity index (χ1v) is 11.6. The molecule has 1 fully saturated rings. The summed E-state index contributed by atoms with van der Waals surface area (Å²) in [4.78, 5) is 26.6. The third kappa shape index (κ3) is 5.98. The molecule has 168 valence electrons. The largest absolute Gasteiger partial charge is 0.467 e. The molecule has 2 aromatic heterocycles. The van der Waals surface area contributed by atoms with E-state index in [9.17, 15) is 9.59 Å². The van der Waals surface area contributed by atoms with Crippen molar-refractivity contribution in [2.45, 2.75) is 37.5 Å². The van der Waals surface area contributed by atoms with Crippen LogP contribution in [0, 0.1) is 0 Å². The van der Waals surface area contributed by atoms with E-state index in [1.807, 2.05) is 34.9 Å². The molecule has 9 nitrogen and oxygen atoms in total. The van der Waals surface area contributed by atoms with Gasteiger partial charge in [0, 0.05) is 5.69 Å². The highest BCUT2D eigenvalue weighted by Gasteiger charge is 2.19. The molecule has 0 radical (unpaired) electrons. The minimum Gasteiger partial charge on any atom is -0.467 e. The van der Waals surface area contributed by atoms with Crippen LogP contribution in [0.25, 0.3) is 5.69 Å². The van der Waals surface area contributed by atoms with Gasteiger partial charge >= 0.3 is 6.03 Å². The highest BCUT2D eigenvalue weighted by atomic mass is 32.2. The van der Waals surface area contributed by atoms with Gasteiger partial charge in [-0.05, 0) is 50.2 Å². The van der Waals surface area contributed by atoms with E-state index in [4.69, 9.17) is 4.42 Å². The molecule has 3 aromatic rings. The summed E-state index contributed by atoms with van der Waals surface area (Å²) in [5.74, 6) is 1.09. The van der Waals surface area contributed by atoms with Crippen LogP contribution in [-0.2, 0) is 17.9 Å². The van der Waals surface area contributed by atoms with Gasteiger partial charge in [0.2, 0.25) is 5.91 Å². The lowest BCUT2D eigenvalue weighted by molar-refractivity contribution is -0.117. The van der Waals surface area contributed by atoms with E-state index < -0.39 is 11.9 Å². The second kappa shape index (κ2) is 11.0. The zero-order valence-corrected chi connectivity index (χ0v) is 18.5. The Balaban J connectivity index is 1.38. The smallest absolute Gasteiger partial charge is 0.321 e. The molecule has 0 spiro atoms. The molecule has 0 bridgehead atoms. The third-order valence-corrected chi connectivity index (χ3v) is 6.05. The highest BCUT2D eigenvalue weighted by molar-refractivity contribution is 7.99. The van der Waals surface area contributed by atoms with E-state index in [0.717, 1.165) is 24.6 Å². The summed E-state index contributed by atoms with van der Waals surface area (Å²) in [6.07, 6.45) is 5.19. The lowest BCUT2D eigenvalue weighted by Gasteiger charge is -2.26. The van der Waals surface area contributed by atoms with E-state index in [2.05, 4.69) is 25.7 Å². The zero-order valence-electron chi connectivity index (χ0n) is 17.7. The van der Waals surface area contributed by atoms with Crippen molar-refractivity contribution >= 4 is 23.7 Å². The van der Waals surface area contributed by atoms with E-state index in [1.165, 1.54) is 37.3 Å². The highest BCUT2D eigenvalue weighted by Crippen LogP contribution is 2.23. The number of piperidine rings is 1. The number of thioether (sulfide) groups is 1. The summed E-state index contributed by atoms with van der Waals surface area (Å²) < 4.78 is 7.14. The van der Waals surface area contributed by atoms with Crippen LogP contribution in [0.2, 0.25) is 0 Å². The monoisotopic (exact) mass is 454 g/mol. The lowest BCUT2D eigenvalue weighted by atomic mass is 10.1. The summed E-state index contributed by atoms with van der Waals surface area (Å²) in [6.45, 7) is 3.03. The second-order valence-corrected chi connectivity index (χ2v) is 8.45. The molecule has 1 aliphatic rings. The van der Waals surface area contributed by atoms with Crippen molar-refractivity contribution in [3.05, 3.63) is 60.3 Å². The topological polar surface area (TPSA) is 105 Å². The van der Waals surface area contributed by atoms with Crippen LogP contribution >= 0.6 is 11.8 Å². The molecule has 1 aliphatic heterocycles. The maximum Gasteiger partial charge on any atom is 0.321 e. The number of hydrogen-bond donors (Lipinski definition) is 2. The number of para-hydroxylation sites is 1. The van der Waals surface area contributed by atoms with Crippen molar-refractivity contribution in [1.82, 2.24) is 30.3 Å². The molecule has 10 heteroatoms. The molecule has 4 rings (SSSR count). The molecule has 1 aromatic carbocycles. The average molecular weight is 455 g/mol. The standard InChI is InChI=1S/C22H26N6O3S/c29-20(24-21(30)23-14-18-10-7-13-31-18)16-32-22-26-25-19(15-27-11-5-2-6-12-27)28(22)17-8-3-1-4-9-17/h1,3-4,7-10,13H,2,5-6,11-12,14-16H2,(H2,23,24,29,30). The zero-order chi connectivity index (χ0) is 22.2. The van der Waals surface area contributed by atoms with Crippen molar-refractivity contribution in [3.63, 3.8) is 0 Å². The summed E-state index contributed by atoms with van der Waals surface area (Å²) in [5.41, 5.74) is 0.948. The van der Waals surface area contributed by atoms with Gasteiger partial charge in [0.1, 0.15) is 5.76 Å². The van der Waals surface area contributed by atoms with Crippen LogP contribution in [0.4, 0.5) is 4.79 Å². The fourth-order valence-corrected chi connectivity index (χ4v) is 4.34. The van der Waals surface area contributed by atoms with Crippen molar-refractivity contribution in [2.75, 3.05) is 18.8 Å². The predicted molar refractivity (Wildman–Crippen MR) is 120 cm³/mol. The molecule has 0 unspecified atom stereocenters. The molecule has 32 heavy (non-hydrogen) atoms. The molecule has 3 amide bonds. The Hall–Kier alpha value is -3.11. The van der Waals surface area contributed by atoms with Crippen molar-refractivity contribution in [3.8, 4) is 5.69 Å². The van der Waals surface area contributed by atoms with Gasteiger partial charge in [0.05, 0.1) is 25.1 Å². The maximum absolute atomic E-state index is 12.3. The number of urea groups is 1. The minimum absolute atomic E-state index is 0.0445. The SMILES string of the molecule is O=C(CSc1nnc(CN2CCCCC2)n1-c1ccccc1)NC(=O)NCc1ccco1. The molecular formula is C22H26N6O3S. The second-order valence-electron chi connectivity index (χ2n) is 7.51. The van der Waals surface area contributed by atoms with Crippen LogP contribution < -0.4 is 10.6 Å². The van der Waals surface area contributed by atoms with Crippen molar-refractivity contribution < 1.29 is 14.0 Å². The molecular weight excluding hydrogens is 428 g/mol. The Morgan fingerprint density at radius 2 is 1.84 bits per heavy atom. The van der Waals surface area contributed by atoms with Crippen LogP contribution in [0.5, 0.6) is 0 Å². The molecule has 0 atom stereocenters. The lowest BCUT2D eigenvalue weighted by Crippen LogP contribution is -2.39. The number of carbonyl (C=O) groups is 2. The number of hydrogen-bond acceptors (Lipinski definition) is 7. The number of benzene rings is 1. The molecule has 1 saturated heterocycles. The number of rotatable bonds is 8. The maximum atomic E-state index is 12.3. The summed E-state index contributed by atoms with van der Waals surface area (Å²) in [6, 6.07) is 12.8. The minimum atomic E-state index is -0.567. The third-order valence-electron chi connectivity index (χ3n) is 5.12. The molecule has 2 N–H and O–H groups in total. The first-order valence-electron chi connectivity index (χ1n) is 10.6. The van der Waals surface area contributed by atoms with E-state index in [1.54, 1.807) is 12.1 Å². The quantitative estimate of drug-likeness (QED) is 0.504. The van der Waals surface area contributed by atoms with Gasteiger partial charge < -0.3 is 9.73 Å². The normalized spacial score (nSPS) is 14.2. The van der Waals surface area contributed by atoms with Gasteiger partial charge in [0.25, 0.3) is 0 Å². The number of carbonyl (C=O) groups excluding carboxylic acids is 2. The van der Waals surface area contributed by atoms with Gasteiger partial charge in [-0.1, -0.05) is 36.4 Å². The number of likely N-dealkylation sites (tertiary alicyclic amines) is 1. The van der Waals surface area contributed by atoms with Crippen molar-refractivity contribution in [1.29, 1.82) is 0 Å². The van der Waals surface area contributed by atoms with Crippen LogP contribution in [0.1, 0.15) is 30.8 Å². The van der Waals surface area contributed by atoms with Crippen LogP contribution in [0.3, 0.4) is 0 Å². The molecule has 0 saturated carbocycles. The van der Waals surface area contributed by atoms with E-state index >= 15 is 0 Å². The fourth-order valence-electron chi connectivity index (χ4n) is 3.57. The van der Waals surface area contributed by atoms with E-state index in [-0.39, 0.29) is 12.3 Å². The van der Waals surface area contributed by atoms with Gasteiger partial charge in [-0.15, -0.1) is 10.2 Å². The van der Waals surface area contributed by atoms with Crippen molar-refractivity contribution in [2.24, 2.45) is 0 Å². The summed E-state index contributed by atoms with van der Waals surface area (Å²) >= 11 is 1.25. The number of amides is 3. The van der Waals surface area contributed by atoms with Gasteiger partial charge in [-0.3, -0.25) is 19.6 Å². The molecule has 3 heterocycles. The number of nitrogens with zero attached hydrogens (tertiary/aromatic N) is 4. The Bertz CT molecular complexity index is 1020. The number of imide groups is 1. The van der Waals surface area contributed by atoms with Gasteiger partial charge in [0.15, 0.2) is 11.0 Å². The van der Waals surface area contributed by atoms with Gasteiger partial charge in [-0.25, -0.2) is 4.79 Å².